The molecule has 1 aromatic carbocycles. The number of carbonyl (C=O) groups is 1. The number of ether oxygens (including phenoxy) is 1. The Labute approximate surface area is 109 Å². The molecule has 4 nitrogen and oxygen atoms in total. The summed E-state index contributed by atoms with van der Waals surface area (Å²) in [6.07, 6.45) is 0. The Hall–Kier alpha value is -1.39. The van der Waals surface area contributed by atoms with Gasteiger partial charge in [0, 0.05) is 11.7 Å². The smallest absolute Gasteiger partial charge is 0.250 e. The zero-order valence-corrected chi connectivity index (χ0v) is 11.5. The van der Waals surface area contributed by atoms with Crippen LogP contribution >= 0.6 is 0 Å². The number of hydrogen-bond acceptors (Lipinski definition) is 3. The first-order valence-corrected chi connectivity index (χ1v) is 6.07. The van der Waals surface area contributed by atoms with E-state index < -0.39 is 0 Å². The summed E-state index contributed by atoms with van der Waals surface area (Å²) in [5.74, 6) is -0.154. The van der Waals surface area contributed by atoms with Crippen LogP contribution in [0.15, 0.2) is 24.3 Å². The summed E-state index contributed by atoms with van der Waals surface area (Å²) >= 11 is 0. The summed E-state index contributed by atoms with van der Waals surface area (Å²) in [5, 5.41) is 2.78. The molecule has 1 unspecified atom stereocenters. The fourth-order valence-electron chi connectivity index (χ4n) is 1.35. The molecule has 0 radical (unpaired) electrons. The highest BCUT2D eigenvalue weighted by Crippen LogP contribution is 2.14. The topological polar surface area (TPSA) is 64.3 Å². The van der Waals surface area contributed by atoms with Gasteiger partial charge < -0.3 is 15.8 Å². The van der Waals surface area contributed by atoms with Crippen molar-refractivity contribution in [3.05, 3.63) is 29.8 Å². The molecule has 0 aliphatic heterocycles. The highest BCUT2D eigenvalue weighted by atomic mass is 16.5. The van der Waals surface area contributed by atoms with Gasteiger partial charge in [-0.15, -0.1) is 0 Å². The van der Waals surface area contributed by atoms with Crippen molar-refractivity contribution in [1.82, 2.24) is 0 Å². The number of amides is 1. The third kappa shape index (κ3) is 5.29. The van der Waals surface area contributed by atoms with Gasteiger partial charge in [0.1, 0.15) is 6.61 Å². The van der Waals surface area contributed by atoms with E-state index in [1.54, 1.807) is 0 Å². The number of nitrogens with two attached hydrogens (primary N) is 1. The van der Waals surface area contributed by atoms with Gasteiger partial charge in [-0.25, -0.2) is 0 Å². The minimum absolute atomic E-state index is 0.000949. The van der Waals surface area contributed by atoms with Crippen molar-refractivity contribution in [2.45, 2.75) is 39.3 Å². The highest BCUT2D eigenvalue weighted by Gasteiger charge is 2.12. The first kappa shape index (κ1) is 14.7. The van der Waals surface area contributed by atoms with Gasteiger partial charge in [-0.05, 0) is 45.4 Å². The number of benzene rings is 1. The SMILES string of the molecule is CC(N)c1ccc(NC(=O)COC(C)(C)C)cc1. The van der Waals surface area contributed by atoms with Crippen LogP contribution in [0.25, 0.3) is 0 Å². The highest BCUT2D eigenvalue weighted by molar-refractivity contribution is 5.91. The van der Waals surface area contributed by atoms with Crippen molar-refractivity contribution in [3.8, 4) is 0 Å². The predicted octanol–water partition coefficient (Wildman–Crippen LogP) is 2.46. The largest absolute Gasteiger partial charge is 0.366 e. The molecule has 3 N–H and O–H groups in total. The minimum Gasteiger partial charge on any atom is -0.366 e. The van der Waals surface area contributed by atoms with E-state index in [4.69, 9.17) is 10.5 Å². The fourth-order valence-corrected chi connectivity index (χ4v) is 1.35. The minimum atomic E-state index is -0.309. The van der Waals surface area contributed by atoms with E-state index in [1.165, 1.54) is 0 Å². The number of anilines is 1. The van der Waals surface area contributed by atoms with Crippen LogP contribution in [0.1, 0.15) is 39.3 Å². The zero-order chi connectivity index (χ0) is 13.8. The van der Waals surface area contributed by atoms with Gasteiger partial charge in [-0.3, -0.25) is 4.79 Å². The summed E-state index contributed by atoms with van der Waals surface area (Å²) in [7, 11) is 0. The van der Waals surface area contributed by atoms with E-state index in [0.29, 0.717) is 0 Å². The number of nitrogens with one attached hydrogen (secondary N) is 1. The lowest BCUT2D eigenvalue weighted by molar-refractivity contribution is -0.125. The maximum Gasteiger partial charge on any atom is 0.250 e. The molecule has 1 rings (SSSR count). The Balaban J connectivity index is 2.50. The molecule has 0 aliphatic rings. The molecule has 0 spiro atoms. The molecule has 0 saturated carbocycles. The molecule has 1 amide bonds. The monoisotopic (exact) mass is 250 g/mol. The van der Waals surface area contributed by atoms with Gasteiger partial charge in [0.2, 0.25) is 5.91 Å². The molecule has 0 saturated heterocycles. The lowest BCUT2D eigenvalue weighted by Crippen LogP contribution is -2.27. The van der Waals surface area contributed by atoms with Crippen LogP contribution in [-0.4, -0.2) is 18.1 Å². The number of hydrogen-bond donors (Lipinski definition) is 2. The molecule has 0 bridgehead atoms. The van der Waals surface area contributed by atoms with Crippen molar-refractivity contribution in [2.24, 2.45) is 5.73 Å². The van der Waals surface area contributed by atoms with E-state index >= 15 is 0 Å². The van der Waals surface area contributed by atoms with Gasteiger partial charge in [0.15, 0.2) is 0 Å². The molecular weight excluding hydrogens is 228 g/mol. The van der Waals surface area contributed by atoms with E-state index in [2.05, 4.69) is 5.32 Å². The van der Waals surface area contributed by atoms with Gasteiger partial charge in [-0.1, -0.05) is 12.1 Å². The molecule has 1 atom stereocenters. The molecule has 4 heteroatoms. The molecule has 0 aromatic heterocycles. The normalized spacial score (nSPS) is 13.2. The lowest BCUT2D eigenvalue weighted by Gasteiger charge is -2.19. The van der Waals surface area contributed by atoms with E-state index in [9.17, 15) is 4.79 Å². The molecule has 0 heterocycles. The number of carbonyl (C=O) groups excluding carboxylic acids is 1. The summed E-state index contributed by atoms with van der Waals surface area (Å²) in [6.45, 7) is 7.72. The van der Waals surface area contributed by atoms with Crippen molar-refractivity contribution in [1.29, 1.82) is 0 Å². The van der Waals surface area contributed by atoms with Crippen molar-refractivity contribution >= 4 is 11.6 Å². The lowest BCUT2D eigenvalue weighted by atomic mass is 10.1. The van der Waals surface area contributed by atoms with Crippen LogP contribution in [0.2, 0.25) is 0 Å². The first-order valence-electron chi connectivity index (χ1n) is 6.07. The van der Waals surface area contributed by atoms with Gasteiger partial charge in [0.05, 0.1) is 5.60 Å². The fraction of sp³-hybridized carbons (Fsp3) is 0.500. The number of rotatable bonds is 4. The van der Waals surface area contributed by atoms with Crippen LogP contribution < -0.4 is 11.1 Å². The van der Waals surface area contributed by atoms with E-state index in [0.717, 1.165) is 11.3 Å². The molecular formula is C14H22N2O2. The molecule has 100 valence electrons. The Morgan fingerprint density at radius 1 is 1.33 bits per heavy atom. The van der Waals surface area contributed by atoms with Gasteiger partial charge >= 0.3 is 0 Å². The quantitative estimate of drug-likeness (QED) is 0.862. The maximum absolute atomic E-state index is 11.6. The van der Waals surface area contributed by atoms with E-state index in [1.807, 2.05) is 52.0 Å². The van der Waals surface area contributed by atoms with E-state index in [-0.39, 0.29) is 24.2 Å². The van der Waals surface area contributed by atoms with Crippen molar-refractivity contribution < 1.29 is 9.53 Å². The summed E-state index contributed by atoms with van der Waals surface area (Å²) in [4.78, 5) is 11.6. The summed E-state index contributed by atoms with van der Waals surface area (Å²) in [5.41, 5.74) is 7.24. The second kappa shape index (κ2) is 5.98. The average Bonchev–Trinajstić information content (AvgIpc) is 2.26. The van der Waals surface area contributed by atoms with Crippen molar-refractivity contribution in [2.75, 3.05) is 11.9 Å². The Bertz CT molecular complexity index is 391. The third-order valence-corrected chi connectivity index (χ3v) is 2.36. The van der Waals surface area contributed by atoms with Crippen molar-refractivity contribution in [3.63, 3.8) is 0 Å². The molecule has 18 heavy (non-hydrogen) atoms. The van der Waals surface area contributed by atoms with Gasteiger partial charge in [0.25, 0.3) is 0 Å². The zero-order valence-electron chi connectivity index (χ0n) is 11.5. The standard InChI is InChI=1S/C14H22N2O2/c1-10(15)11-5-7-12(8-6-11)16-13(17)9-18-14(2,3)4/h5-8,10H,9,15H2,1-4H3,(H,16,17). The molecule has 0 fully saturated rings. The molecule has 1 aromatic rings. The maximum atomic E-state index is 11.6. The van der Waals surface area contributed by atoms with Crippen LogP contribution in [0.5, 0.6) is 0 Å². The first-order chi connectivity index (χ1) is 8.28. The van der Waals surface area contributed by atoms with Crippen LogP contribution in [0.4, 0.5) is 5.69 Å². The van der Waals surface area contributed by atoms with Crippen LogP contribution in [0, 0.1) is 0 Å². The summed E-state index contributed by atoms with van der Waals surface area (Å²) in [6, 6.07) is 7.50. The second-order valence-corrected chi connectivity index (χ2v) is 5.36. The molecule has 0 aliphatic carbocycles. The Kier molecular flexibility index (Phi) is 4.87. The summed E-state index contributed by atoms with van der Waals surface area (Å²) < 4.78 is 5.39. The Morgan fingerprint density at radius 2 is 1.89 bits per heavy atom. The van der Waals surface area contributed by atoms with Crippen LogP contribution in [0.3, 0.4) is 0 Å². The second-order valence-electron chi connectivity index (χ2n) is 5.36. The predicted molar refractivity (Wildman–Crippen MR) is 73.4 cm³/mol. The van der Waals surface area contributed by atoms with Crippen LogP contribution in [-0.2, 0) is 9.53 Å². The average molecular weight is 250 g/mol. The third-order valence-electron chi connectivity index (χ3n) is 2.36. The Morgan fingerprint density at radius 3 is 2.33 bits per heavy atom. The van der Waals surface area contributed by atoms with Gasteiger partial charge in [-0.2, -0.15) is 0 Å².